The van der Waals surface area contributed by atoms with E-state index in [0.29, 0.717) is 25.1 Å². The van der Waals surface area contributed by atoms with Gasteiger partial charge < -0.3 is 20.1 Å². The predicted molar refractivity (Wildman–Crippen MR) is 103 cm³/mol. The Hall–Kier alpha value is -1.23. The molecule has 3 atom stereocenters. The topological polar surface area (TPSA) is 54.9 Å². The van der Waals surface area contributed by atoms with Crippen molar-refractivity contribution in [2.24, 2.45) is 4.99 Å². The van der Waals surface area contributed by atoms with Gasteiger partial charge in [-0.25, -0.2) is 0 Å². The zero-order valence-corrected chi connectivity index (χ0v) is 16.7. The first-order valence-corrected chi connectivity index (χ1v) is 8.40. The van der Waals surface area contributed by atoms with Gasteiger partial charge in [0, 0.05) is 13.6 Å². The van der Waals surface area contributed by atoms with E-state index < -0.39 is 6.36 Å². The maximum Gasteiger partial charge on any atom is 0.573 e. The molecule has 0 saturated carbocycles. The molecule has 26 heavy (non-hydrogen) atoms. The van der Waals surface area contributed by atoms with Crippen LogP contribution in [-0.2, 0) is 11.2 Å². The largest absolute Gasteiger partial charge is 0.573 e. The van der Waals surface area contributed by atoms with Crippen LogP contribution < -0.4 is 15.4 Å². The van der Waals surface area contributed by atoms with Crippen LogP contribution in [0.4, 0.5) is 13.2 Å². The van der Waals surface area contributed by atoms with Crippen molar-refractivity contribution in [2.45, 2.75) is 50.3 Å². The lowest BCUT2D eigenvalue weighted by Gasteiger charge is -2.22. The van der Waals surface area contributed by atoms with E-state index in [-0.39, 0.29) is 35.8 Å². The van der Waals surface area contributed by atoms with Gasteiger partial charge in [0.2, 0.25) is 0 Å². The number of ether oxygens (including phenoxy) is 2. The summed E-state index contributed by atoms with van der Waals surface area (Å²) in [6, 6.07) is 6.19. The van der Waals surface area contributed by atoms with Crippen molar-refractivity contribution in [3.8, 4) is 5.75 Å². The molecule has 0 aromatic heterocycles. The molecule has 146 valence electrons. The molecule has 2 saturated heterocycles. The number of benzene rings is 1. The summed E-state index contributed by atoms with van der Waals surface area (Å²) in [4.78, 5) is 4.21. The smallest absolute Gasteiger partial charge is 0.406 e. The van der Waals surface area contributed by atoms with Crippen LogP contribution in [0.2, 0.25) is 0 Å². The maximum atomic E-state index is 12.1. The van der Waals surface area contributed by atoms with Gasteiger partial charge in [-0.1, -0.05) is 12.1 Å². The van der Waals surface area contributed by atoms with E-state index in [1.54, 1.807) is 19.2 Å². The lowest BCUT2D eigenvalue weighted by Crippen LogP contribution is -2.47. The lowest BCUT2D eigenvalue weighted by molar-refractivity contribution is -0.274. The van der Waals surface area contributed by atoms with Gasteiger partial charge in [0.05, 0.1) is 18.2 Å². The molecular formula is C17H23F3IN3O2. The highest BCUT2D eigenvalue weighted by atomic mass is 127. The van der Waals surface area contributed by atoms with Gasteiger partial charge in [0.1, 0.15) is 5.75 Å². The number of halogens is 4. The highest BCUT2D eigenvalue weighted by Crippen LogP contribution is 2.34. The molecular weight excluding hydrogens is 462 g/mol. The van der Waals surface area contributed by atoms with Gasteiger partial charge in [-0.05, 0) is 43.4 Å². The van der Waals surface area contributed by atoms with Crippen molar-refractivity contribution in [3.05, 3.63) is 29.8 Å². The van der Waals surface area contributed by atoms with E-state index >= 15 is 0 Å². The first kappa shape index (κ1) is 21.1. The summed E-state index contributed by atoms with van der Waals surface area (Å²) in [6.07, 6.45) is -0.117. The second-order valence-electron chi connectivity index (χ2n) is 6.30. The molecule has 5 nitrogen and oxygen atoms in total. The minimum Gasteiger partial charge on any atom is -0.406 e. The van der Waals surface area contributed by atoms with E-state index in [1.165, 1.54) is 12.1 Å². The number of aliphatic imine (C=N–C) groups is 1. The van der Waals surface area contributed by atoms with Gasteiger partial charge in [0.25, 0.3) is 0 Å². The van der Waals surface area contributed by atoms with E-state index in [9.17, 15) is 13.2 Å². The quantitative estimate of drug-likeness (QED) is 0.382. The van der Waals surface area contributed by atoms with Crippen molar-refractivity contribution >= 4 is 29.9 Å². The zero-order chi connectivity index (χ0) is 17.9. The normalized spacial score (nSPS) is 24.9. The van der Waals surface area contributed by atoms with Crippen LogP contribution in [-0.4, -0.2) is 44.2 Å². The van der Waals surface area contributed by atoms with Crippen molar-refractivity contribution in [1.82, 2.24) is 10.6 Å². The van der Waals surface area contributed by atoms with Crippen LogP contribution in [0.25, 0.3) is 0 Å². The Labute approximate surface area is 167 Å². The SMILES string of the molecule is CN=C(NCCc1ccc(OC(F)(F)F)cc1)NC1CC2CCC1O2.I. The average molecular weight is 485 g/mol. The molecule has 1 aromatic rings. The zero-order valence-electron chi connectivity index (χ0n) is 14.4. The Morgan fingerprint density at radius 1 is 1.27 bits per heavy atom. The Balaban J connectivity index is 0.00000243. The molecule has 0 radical (unpaired) electrons. The van der Waals surface area contributed by atoms with Crippen LogP contribution in [0.15, 0.2) is 29.3 Å². The van der Waals surface area contributed by atoms with Crippen LogP contribution in [0.1, 0.15) is 24.8 Å². The molecule has 0 amide bonds. The predicted octanol–water partition coefficient (Wildman–Crippen LogP) is 3.23. The number of hydrogen-bond acceptors (Lipinski definition) is 3. The van der Waals surface area contributed by atoms with Crippen molar-refractivity contribution < 1.29 is 22.6 Å². The fourth-order valence-electron chi connectivity index (χ4n) is 3.34. The van der Waals surface area contributed by atoms with Gasteiger partial charge >= 0.3 is 6.36 Å². The monoisotopic (exact) mass is 485 g/mol. The third-order valence-electron chi connectivity index (χ3n) is 4.51. The molecule has 2 heterocycles. The molecule has 2 bridgehead atoms. The Bertz CT molecular complexity index is 610. The minimum absolute atomic E-state index is 0. The second-order valence-corrected chi connectivity index (χ2v) is 6.30. The van der Waals surface area contributed by atoms with Crippen LogP contribution in [0, 0.1) is 0 Å². The summed E-state index contributed by atoms with van der Waals surface area (Å²) in [5.41, 5.74) is 0.917. The molecule has 2 N–H and O–H groups in total. The molecule has 0 spiro atoms. The van der Waals surface area contributed by atoms with Crippen LogP contribution in [0.5, 0.6) is 5.75 Å². The first-order valence-electron chi connectivity index (χ1n) is 8.40. The van der Waals surface area contributed by atoms with Gasteiger partial charge in [-0.2, -0.15) is 0 Å². The van der Waals surface area contributed by atoms with Crippen molar-refractivity contribution in [1.29, 1.82) is 0 Å². The van der Waals surface area contributed by atoms with Crippen molar-refractivity contribution in [2.75, 3.05) is 13.6 Å². The van der Waals surface area contributed by atoms with E-state index in [0.717, 1.165) is 30.8 Å². The highest BCUT2D eigenvalue weighted by molar-refractivity contribution is 14.0. The Morgan fingerprint density at radius 3 is 2.54 bits per heavy atom. The number of alkyl halides is 3. The number of nitrogens with one attached hydrogen (secondary N) is 2. The molecule has 3 rings (SSSR count). The molecule has 2 fully saturated rings. The van der Waals surface area contributed by atoms with E-state index in [4.69, 9.17) is 4.74 Å². The number of rotatable bonds is 5. The standard InChI is InChI=1S/C17H22F3N3O2.HI/c1-21-16(23-14-10-13-6-7-15(14)24-13)22-9-8-11-2-4-12(5-3-11)25-17(18,19)20;/h2-5,13-15H,6-10H2,1H3,(H2,21,22,23);1H. The fourth-order valence-corrected chi connectivity index (χ4v) is 3.34. The fraction of sp³-hybridized carbons (Fsp3) is 0.588. The lowest BCUT2D eigenvalue weighted by atomic mass is 9.96. The molecule has 2 aliphatic rings. The second kappa shape index (κ2) is 9.12. The van der Waals surface area contributed by atoms with Crippen molar-refractivity contribution in [3.63, 3.8) is 0 Å². The summed E-state index contributed by atoms with van der Waals surface area (Å²) in [5, 5.41) is 6.62. The highest BCUT2D eigenvalue weighted by Gasteiger charge is 2.41. The molecule has 0 aliphatic carbocycles. The van der Waals surface area contributed by atoms with Gasteiger partial charge in [-0.15, -0.1) is 37.1 Å². The van der Waals surface area contributed by atoms with Crippen LogP contribution >= 0.6 is 24.0 Å². The summed E-state index contributed by atoms with van der Waals surface area (Å²) in [7, 11) is 1.71. The number of nitrogens with zero attached hydrogens (tertiary/aromatic N) is 1. The summed E-state index contributed by atoms with van der Waals surface area (Å²) in [5.74, 6) is 0.510. The average Bonchev–Trinajstić information content (AvgIpc) is 3.17. The first-order chi connectivity index (χ1) is 11.9. The Morgan fingerprint density at radius 2 is 2.00 bits per heavy atom. The summed E-state index contributed by atoms with van der Waals surface area (Å²) in [6.45, 7) is 0.626. The number of hydrogen-bond donors (Lipinski definition) is 2. The molecule has 2 aliphatic heterocycles. The van der Waals surface area contributed by atoms with Gasteiger partial charge in [0.15, 0.2) is 5.96 Å². The molecule has 1 aromatic carbocycles. The summed E-state index contributed by atoms with van der Waals surface area (Å²) >= 11 is 0. The molecule has 9 heteroatoms. The third-order valence-corrected chi connectivity index (χ3v) is 4.51. The maximum absolute atomic E-state index is 12.1. The Kier molecular flexibility index (Phi) is 7.39. The van der Waals surface area contributed by atoms with E-state index in [2.05, 4.69) is 20.4 Å². The number of guanidine groups is 1. The summed E-state index contributed by atoms with van der Waals surface area (Å²) < 4.78 is 46.1. The van der Waals surface area contributed by atoms with Crippen LogP contribution in [0.3, 0.4) is 0 Å². The third kappa shape index (κ3) is 5.90. The van der Waals surface area contributed by atoms with E-state index in [1.807, 2.05) is 0 Å². The number of fused-ring (bicyclic) bond motifs is 2. The minimum atomic E-state index is -4.66. The van der Waals surface area contributed by atoms with Gasteiger partial charge in [-0.3, -0.25) is 4.99 Å². The molecule has 3 unspecified atom stereocenters.